The van der Waals surface area contributed by atoms with Crippen LogP contribution in [0.1, 0.15) is 79.2 Å². The molecule has 4 rings (SSSR count). The van der Waals surface area contributed by atoms with Gasteiger partial charge in [-0.15, -0.1) is 0 Å². The fourth-order valence-corrected chi connectivity index (χ4v) is 10.0. The molecule has 0 saturated carbocycles. The molecule has 6 atom stereocenters. The summed E-state index contributed by atoms with van der Waals surface area (Å²) in [5, 5.41) is 25.3. The summed E-state index contributed by atoms with van der Waals surface area (Å²) in [6.45, 7) is 11.3. The highest BCUT2D eigenvalue weighted by atomic mass is 33.1. The summed E-state index contributed by atoms with van der Waals surface area (Å²) >= 11 is 0. The minimum Gasteiger partial charge on any atom is -0.480 e. The number of carbonyl (C=O) groups is 6. The molecule has 2 aliphatic rings. The van der Waals surface area contributed by atoms with Crippen LogP contribution >= 0.6 is 21.6 Å². The number of aromatic nitrogens is 1. The number of benzene rings is 1. The van der Waals surface area contributed by atoms with Crippen LogP contribution in [0, 0.1) is 5.92 Å². The molecule has 2 aliphatic heterocycles. The van der Waals surface area contributed by atoms with Gasteiger partial charge in [0.1, 0.15) is 30.2 Å². The number of rotatable bonds is 14. The highest BCUT2D eigenvalue weighted by Crippen LogP contribution is 2.47. The van der Waals surface area contributed by atoms with Gasteiger partial charge in [0.2, 0.25) is 29.5 Å². The first-order valence-electron chi connectivity index (χ1n) is 19.6. The molecular weight excluding hydrogens is 785 g/mol. The predicted octanol–water partition coefficient (Wildman–Crippen LogP) is 1.37. The average molecular weight is 845 g/mol. The van der Waals surface area contributed by atoms with Crippen molar-refractivity contribution in [1.29, 1.82) is 0 Å². The van der Waals surface area contributed by atoms with Crippen molar-refractivity contribution >= 4 is 74.0 Å². The standard InChI is InChI=1S/C39H60N10O7S2/c1-21(2)18-27(36(55)56)46-34(53)29-38(3,4)57-58-39(5,6)30(48-31(50)25(42-7)14-10-16-43-37(40)41)35(54)49-17-11-15-28(49)33(52)45-26(32(51)47-29)19-22-20-44-24-13-9-8-12-23(22)24/h8-9,12-13,20-21,25-30,42,44H,10-11,14-19H2,1-7H3,(H,45,52)(H,46,53)(H,47,51)(H,48,50)(H,55,56)(H4,40,41,43)/t25-,26-,27-,28-,29+,30+/m0/s1. The number of guanidine groups is 1. The molecule has 1 aromatic heterocycles. The monoisotopic (exact) mass is 844 g/mol. The number of H-pyrrole nitrogens is 1. The third-order valence-corrected chi connectivity index (χ3v) is 14.7. The van der Waals surface area contributed by atoms with Gasteiger partial charge in [0.25, 0.3) is 0 Å². The second-order valence-electron chi connectivity index (χ2n) is 16.4. The Morgan fingerprint density at radius 1 is 1.02 bits per heavy atom. The third kappa shape index (κ3) is 11.8. The van der Waals surface area contributed by atoms with Gasteiger partial charge in [-0.2, -0.15) is 0 Å². The first kappa shape index (κ1) is 46.2. The second kappa shape index (κ2) is 20.0. The van der Waals surface area contributed by atoms with Crippen LogP contribution in [0.4, 0.5) is 0 Å². The summed E-state index contributed by atoms with van der Waals surface area (Å²) in [4.78, 5) is 92.6. The van der Waals surface area contributed by atoms with Crippen LogP contribution in [0.25, 0.3) is 10.9 Å². The molecule has 320 valence electrons. The lowest BCUT2D eigenvalue weighted by molar-refractivity contribution is -0.143. The molecule has 0 aliphatic carbocycles. The number of para-hydroxylation sites is 1. The number of nitrogens with one attached hydrogen (secondary N) is 6. The summed E-state index contributed by atoms with van der Waals surface area (Å²) in [5.41, 5.74) is 12.5. The fourth-order valence-electron chi connectivity index (χ4n) is 7.21. The van der Waals surface area contributed by atoms with E-state index in [1.54, 1.807) is 40.9 Å². The number of aliphatic imine (C=N–C) groups is 1. The smallest absolute Gasteiger partial charge is 0.326 e. The molecule has 58 heavy (non-hydrogen) atoms. The molecule has 17 nitrogen and oxygen atoms in total. The van der Waals surface area contributed by atoms with E-state index in [0.717, 1.165) is 16.5 Å². The van der Waals surface area contributed by atoms with Crippen molar-refractivity contribution in [3.63, 3.8) is 0 Å². The first-order valence-corrected chi connectivity index (χ1v) is 21.8. The number of nitrogens with two attached hydrogens (primary N) is 2. The Bertz CT molecular complexity index is 1850. The van der Waals surface area contributed by atoms with E-state index in [0.29, 0.717) is 32.2 Å². The number of nitrogens with zero attached hydrogens (tertiary/aromatic N) is 2. The van der Waals surface area contributed by atoms with Gasteiger partial charge >= 0.3 is 5.97 Å². The first-order chi connectivity index (χ1) is 27.2. The molecule has 2 aromatic rings. The van der Waals surface area contributed by atoms with Gasteiger partial charge in [-0.25, -0.2) is 4.79 Å². The van der Waals surface area contributed by atoms with Crippen LogP contribution in [0.2, 0.25) is 0 Å². The van der Waals surface area contributed by atoms with E-state index in [-0.39, 0.29) is 31.3 Å². The summed E-state index contributed by atoms with van der Waals surface area (Å²) < 4.78 is -2.20. The number of fused-ring (bicyclic) bond motifs is 2. The molecule has 0 bridgehead atoms. The average Bonchev–Trinajstić information content (AvgIpc) is 3.81. The van der Waals surface area contributed by atoms with Gasteiger partial charge < -0.3 is 53.0 Å². The topological polar surface area (TPSA) is 266 Å². The Morgan fingerprint density at radius 3 is 2.36 bits per heavy atom. The van der Waals surface area contributed by atoms with Gasteiger partial charge in [0.15, 0.2) is 5.96 Å². The number of amides is 5. The number of aromatic amines is 1. The van der Waals surface area contributed by atoms with E-state index < -0.39 is 81.3 Å². The van der Waals surface area contributed by atoms with Crippen molar-refractivity contribution < 1.29 is 33.9 Å². The number of hydrogen-bond donors (Lipinski definition) is 9. The van der Waals surface area contributed by atoms with Crippen LogP contribution in [-0.2, 0) is 35.2 Å². The molecule has 5 amide bonds. The maximum atomic E-state index is 14.7. The normalized spacial score (nSPS) is 23.5. The number of carboxylic acid groups (broad SMARTS) is 1. The lowest BCUT2D eigenvalue weighted by Gasteiger charge is -2.41. The molecule has 0 spiro atoms. The zero-order valence-electron chi connectivity index (χ0n) is 34.3. The van der Waals surface area contributed by atoms with E-state index in [4.69, 9.17) is 11.5 Å². The highest BCUT2D eigenvalue weighted by Gasteiger charge is 2.48. The fraction of sp³-hybridized carbons (Fsp3) is 0.615. The van der Waals surface area contributed by atoms with Crippen molar-refractivity contribution in [1.82, 2.24) is 36.5 Å². The van der Waals surface area contributed by atoms with Gasteiger partial charge in [0, 0.05) is 46.1 Å². The lowest BCUT2D eigenvalue weighted by atomic mass is 9.98. The van der Waals surface area contributed by atoms with Crippen LogP contribution in [0.5, 0.6) is 0 Å². The van der Waals surface area contributed by atoms with Crippen molar-refractivity contribution in [2.45, 2.75) is 126 Å². The van der Waals surface area contributed by atoms with E-state index in [1.807, 2.05) is 38.1 Å². The Labute approximate surface area is 347 Å². The third-order valence-electron chi connectivity index (χ3n) is 10.4. The largest absolute Gasteiger partial charge is 0.480 e. The molecule has 2 saturated heterocycles. The van der Waals surface area contributed by atoms with E-state index >= 15 is 0 Å². The Kier molecular flexibility index (Phi) is 15.9. The van der Waals surface area contributed by atoms with Crippen LogP contribution < -0.4 is 38.1 Å². The molecular formula is C39H60N10O7S2. The zero-order chi connectivity index (χ0) is 42.9. The number of likely N-dealkylation sites (N-methyl/N-ethyl adjacent to an activating group) is 1. The molecule has 1 aromatic carbocycles. The Balaban J connectivity index is 1.76. The maximum absolute atomic E-state index is 14.7. The second-order valence-corrected chi connectivity index (χ2v) is 19.8. The summed E-state index contributed by atoms with van der Waals surface area (Å²) in [5.74, 6) is -4.14. The van der Waals surface area contributed by atoms with Crippen molar-refractivity contribution in [3.8, 4) is 0 Å². The Morgan fingerprint density at radius 2 is 1.71 bits per heavy atom. The molecule has 11 N–H and O–H groups in total. The van der Waals surface area contributed by atoms with Crippen molar-refractivity contribution in [2.75, 3.05) is 20.1 Å². The minimum atomic E-state index is -1.31. The molecule has 3 heterocycles. The van der Waals surface area contributed by atoms with Crippen LogP contribution in [0.15, 0.2) is 35.5 Å². The van der Waals surface area contributed by atoms with Gasteiger partial charge in [-0.1, -0.05) is 53.6 Å². The number of carboxylic acids is 1. The predicted molar refractivity (Wildman–Crippen MR) is 228 cm³/mol. The molecule has 2 fully saturated rings. The number of aliphatic carboxylic acids is 1. The lowest BCUT2D eigenvalue weighted by Crippen LogP contribution is -2.64. The SMILES string of the molecule is CN[C@@H](CCCN=C(N)N)C(=O)N[C@@H]1C(=O)N2CCC[C@H]2C(=O)N[C@@H](Cc2c[nH]c3ccccc23)C(=O)N[C@H](C(=O)N[C@@H](CC(C)C)C(=O)O)C(C)(C)SSC1(C)C. The highest BCUT2D eigenvalue weighted by molar-refractivity contribution is 8.77. The zero-order valence-corrected chi connectivity index (χ0v) is 36.0. The van der Waals surface area contributed by atoms with Gasteiger partial charge in [0.05, 0.1) is 6.04 Å². The van der Waals surface area contributed by atoms with Crippen LogP contribution in [-0.4, -0.2) is 122 Å². The van der Waals surface area contributed by atoms with Gasteiger partial charge in [-0.3, -0.25) is 29.0 Å². The van der Waals surface area contributed by atoms with Crippen molar-refractivity contribution in [3.05, 3.63) is 36.0 Å². The quantitative estimate of drug-likeness (QED) is 0.0565. The molecule has 0 radical (unpaired) electrons. The summed E-state index contributed by atoms with van der Waals surface area (Å²) in [6.07, 6.45) is 3.67. The number of hydrogen-bond acceptors (Lipinski definition) is 10. The van der Waals surface area contributed by atoms with Crippen LogP contribution in [0.3, 0.4) is 0 Å². The summed E-state index contributed by atoms with van der Waals surface area (Å²) in [6, 6.07) is 1.03. The molecule has 19 heteroatoms. The summed E-state index contributed by atoms with van der Waals surface area (Å²) in [7, 11) is 4.11. The van der Waals surface area contributed by atoms with E-state index in [2.05, 4.69) is 36.6 Å². The van der Waals surface area contributed by atoms with E-state index in [1.165, 1.54) is 26.5 Å². The molecule has 0 unspecified atom stereocenters. The van der Waals surface area contributed by atoms with Gasteiger partial charge in [-0.05, 0) is 84.4 Å². The van der Waals surface area contributed by atoms with E-state index in [9.17, 15) is 33.9 Å². The number of carbonyl (C=O) groups excluding carboxylic acids is 5. The van der Waals surface area contributed by atoms with Crippen molar-refractivity contribution in [2.24, 2.45) is 22.4 Å². The maximum Gasteiger partial charge on any atom is 0.326 e. The minimum absolute atomic E-state index is 0.0460. The Hall–Kier alpha value is -4.49.